The zero-order chi connectivity index (χ0) is 25.0. The molecule has 0 radical (unpaired) electrons. The summed E-state index contributed by atoms with van der Waals surface area (Å²) in [5.41, 5.74) is 1.45. The predicted molar refractivity (Wildman–Crippen MR) is 143 cm³/mol. The van der Waals surface area contributed by atoms with E-state index in [2.05, 4.69) is 16.0 Å². The summed E-state index contributed by atoms with van der Waals surface area (Å²) in [6, 6.07) is 21.2. The average molecular weight is 512 g/mol. The van der Waals surface area contributed by atoms with E-state index in [9.17, 15) is 9.59 Å². The number of benzene rings is 3. The maximum Gasteiger partial charge on any atom is 0.257 e. The van der Waals surface area contributed by atoms with Crippen LogP contribution in [0.15, 0.2) is 72.8 Å². The summed E-state index contributed by atoms with van der Waals surface area (Å²) in [6.45, 7) is 2.70. The first kappa shape index (κ1) is 26.0. The Kier molecular flexibility index (Phi) is 9.89. The fraction of sp³-hybridized carbons (Fsp3) is 0.192. The maximum atomic E-state index is 12.6. The van der Waals surface area contributed by atoms with Crippen molar-refractivity contribution < 1.29 is 19.1 Å². The molecule has 3 aromatic carbocycles. The summed E-state index contributed by atoms with van der Waals surface area (Å²) in [4.78, 5) is 24.4. The van der Waals surface area contributed by atoms with Gasteiger partial charge in [0.05, 0.1) is 10.7 Å². The van der Waals surface area contributed by atoms with Gasteiger partial charge in [0, 0.05) is 17.7 Å². The van der Waals surface area contributed by atoms with Crippen molar-refractivity contribution in [2.45, 2.75) is 19.8 Å². The minimum atomic E-state index is -0.384. The fourth-order valence-electron chi connectivity index (χ4n) is 3.02. The molecular weight excluding hydrogens is 486 g/mol. The lowest BCUT2D eigenvalue weighted by atomic mass is 10.2. The molecule has 9 heteroatoms. The Morgan fingerprint density at radius 2 is 1.54 bits per heavy atom. The molecule has 0 saturated carbocycles. The molecule has 0 aliphatic heterocycles. The van der Waals surface area contributed by atoms with Crippen LogP contribution in [0.5, 0.6) is 11.5 Å². The number of ether oxygens (including phenoxy) is 2. The van der Waals surface area contributed by atoms with Gasteiger partial charge in [-0.25, -0.2) is 0 Å². The van der Waals surface area contributed by atoms with E-state index >= 15 is 0 Å². The smallest absolute Gasteiger partial charge is 0.257 e. The predicted octanol–water partition coefficient (Wildman–Crippen LogP) is 5.66. The third-order valence-electron chi connectivity index (χ3n) is 4.68. The molecule has 0 aromatic heterocycles. The maximum absolute atomic E-state index is 12.6. The third kappa shape index (κ3) is 8.59. The highest BCUT2D eigenvalue weighted by molar-refractivity contribution is 7.80. The molecule has 0 fully saturated rings. The van der Waals surface area contributed by atoms with Gasteiger partial charge in [-0.2, -0.15) is 0 Å². The standard InChI is InChI=1S/C26H26ClN3O4S/c1-2-6-24(31)28-19-11-14-22(27)23(17-19)29-26(35)30-25(32)18-9-12-21(13-10-18)34-16-15-33-20-7-4-3-5-8-20/h3-5,7-14,17H,2,6,15-16H2,1H3,(H,28,31)(H2,29,30,32,35). The van der Waals surface area contributed by atoms with Crippen LogP contribution >= 0.6 is 23.8 Å². The number of amides is 2. The van der Waals surface area contributed by atoms with Crippen molar-refractivity contribution in [3.05, 3.63) is 83.4 Å². The second-order valence-electron chi connectivity index (χ2n) is 7.44. The number of anilines is 2. The first-order valence-electron chi connectivity index (χ1n) is 11.1. The zero-order valence-electron chi connectivity index (χ0n) is 19.2. The molecule has 0 spiro atoms. The molecule has 0 aliphatic carbocycles. The van der Waals surface area contributed by atoms with E-state index in [1.54, 1.807) is 42.5 Å². The van der Waals surface area contributed by atoms with Crippen LogP contribution < -0.4 is 25.4 Å². The number of carbonyl (C=O) groups excluding carboxylic acids is 2. The van der Waals surface area contributed by atoms with E-state index in [1.807, 2.05) is 37.3 Å². The lowest BCUT2D eigenvalue weighted by Gasteiger charge is -2.13. The highest BCUT2D eigenvalue weighted by atomic mass is 35.5. The monoisotopic (exact) mass is 511 g/mol. The molecule has 0 aliphatic rings. The van der Waals surface area contributed by atoms with Crippen LogP contribution in [0.3, 0.4) is 0 Å². The van der Waals surface area contributed by atoms with Gasteiger partial charge in [0.1, 0.15) is 24.7 Å². The number of hydrogen-bond donors (Lipinski definition) is 3. The molecule has 0 unspecified atom stereocenters. The normalized spacial score (nSPS) is 10.2. The lowest BCUT2D eigenvalue weighted by Crippen LogP contribution is -2.34. The molecule has 2 amide bonds. The van der Waals surface area contributed by atoms with Crippen LogP contribution in [-0.2, 0) is 4.79 Å². The molecule has 3 aromatic rings. The van der Waals surface area contributed by atoms with E-state index in [-0.39, 0.29) is 16.9 Å². The van der Waals surface area contributed by atoms with E-state index < -0.39 is 0 Å². The summed E-state index contributed by atoms with van der Waals surface area (Å²) in [5, 5.41) is 8.78. The van der Waals surface area contributed by atoms with Crippen LogP contribution in [0.1, 0.15) is 30.1 Å². The SMILES string of the molecule is CCCC(=O)Nc1ccc(Cl)c(NC(=S)NC(=O)c2ccc(OCCOc3ccccc3)cc2)c1. The van der Waals surface area contributed by atoms with E-state index in [0.717, 1.165) is 12.2 Å². The van der Waals surface area contributed by atoms with Gasteiger partial charge in [-0.3, -0.25) is 14.9 Å². The van der Waals surface area contributed by atoms with Gasteiger partial charge in [-0.05, 0) is 73.2 Å². The van der Waals surface area contributed by atoms with E-state index in [1.165, 1.54) is 0 Å². The van der Waals surface area contributed by atoms with E-state index in [0.29, 0.717) is 47.3 Å². The Balaban J connectivity index is 1.47. The molecule has 7 nitrogen and oxygen atoms in total. The first-order valence-corrected chi connectivity index (χ1v) is 11.9. The van der Waals surface area contributed by atoms with Crippen molar-refractivity contribution in [3.8, 4) is 11.5 Å². The highest BCUT2D eigenvalue weighted by Crippen LogP contribution is 2.25. The highest BCUT2D eigenvalue weighted by Gasteiger charge is 2.11. The molecule has 0 bridgehead atoms. The second kappa shape index (κ2) is 13.3. The number of halogens is 1. The van der Waals surface area contributed by atoms with Crippen LogP contribution in [0.25, 0.3) is 0 Å². The van der Waals surface area contributed by atoms with Gasteiger partial charge in [-0.15, -0.1) is 0 Å². The average Bonchev–Trinajstić information content (AvgIpc) is 2.85. The number of carbonyl (C=O) groups is 2. The summed E-state index contributed by atoms with van der Waals surface area (Å²) in [6.07, 6.45) is 1.17. The van der Waals surface area contributed by atoms with Gasteiger partial charge in [-0.1, -0.05) is 36.7 Å². The molecule has 182 valence electrons. The number of rotatable bonds is 10. The second-order valence-corrected chi connectivity index (χ2v) is 8.25. The summed E-state index contributed by atoms with van der Waals surface area (Å²) < 4.78 is 11.2. The minimum Gasteiger partial charge on any atom is -0.490 e. The molecular formula is C26H26ClN3O4S. The summed E-state index contributed by atoms with van der Waals surface area (Å²) in [5.74, 6) is 0.923. The molecule has 3 rings (SSSR count). The van der Waals surface area contributed by atoms with Gasteiger partial charge < -0.3 is 20.1 Å². The van der Waals surface area contributed by atoms with Crippen LogP contribution in [-0.4, -0.2) is 30.1 Å². The number of thiocarbonyl (C=S) groups is 1. The van der Waals surface area contributed by atoms with E-state index in [4.69, 9.17) is 33.3 Å². The number of nitrogens with one attached hydrogen (secondary N) is 3. The number of para-hydroxylation sites is 1. The van der Waals surface area contributed by atoms with Crippen molar-refractivity contribution >= 4 is 52.1 Å². The third-order valence-corrected chi connectivity index (χ3v) is 5.22. The Bertz CT molecular complexity index is 1160. The Labute approximate surface area is 214 Å². The Morgan fingerprint density at radius 3 is 2.20 bits per heavy atom. The molecule has 0 heterocycles. The Morgan fingerprint density at radius 1 is 0.886 bits per heavy atom. The largest absolute Gasteiger partial charge is 0.490 e. The summed E-state index contributed by atoms with van der Waals surface area (Å²) >= 11 is 11.5. The molecule has 35 heavy (non-hydrogen) atoms. The van der Waals surface area contributed by atoms with Crippen molar-refractivity contribution in [2.24, 2.45) is 0 Å². The lowest BCUT2D eigenvalue weighted by molar-refractivity contribution is -0.116. The van der Waals surface area contributed by atoms with Gasteiger partial charge in [0.2, 0.25) is 5.91 Å². The van der Waals surface area contributed by atoms with Crippen molar-refractivity contribution in [1.82, 2.24) is 5.32 Å². The van der Waals surface area contributed by atoms with Gasteiger partial charge >= 0.3 is 0 Å². The first-order chi connectivity index (χ1) is 16.9. The number of hydrogen-bond acceptors (Lipinski definition) is 5. The van der Waals surface area contributed by atoms with Crippen LogP contribution in [0.2, 0.25) is 5.02 Å². The van der Waals surface area contributed by atoms with Crippen LogP contribution in [0, 0.1) is 0 Å². The topological polar surface area (TPSA) is 88.7 Å². The zero-order valence-corrected chi connectivity index (χ0v) is 20.7. The molecule has 0 saturated heterocycles. The van der Waals surface area contributed by atoms with Crippen molar-refractivity contribution in [3.63, 3.8) is 0 Å². The van der Waals surface area contributed by atoms with Gasteiger partial charge in [0.25, 0.3) is 5.91 Å². The fourth-order valence-corrected chi connectivity index (χ4v) is 3.38. The Hall–Kier alpha value is -3.62. The molecule has 3 N–H and O–H groups in total. The minimum absolute atomic E-state index is 0.0762. The van der Waals surface area contributed by atoms with Gasteiger partial charge in [0.15, 0.2) is 5.11 Å². The quantitative estimate of drug-likeness (QED) is 0.240. The van der Waals surface area contributed by atoms with Crippen molar-refractivity contribution in [2.75, 3.05) is 23.8 Å². The van der Waals surface area contributed by atoms with Crippen LogP contribution in [0.4, 0.5) is 11.4 Å². The summed E-state index contributed by atoms with van der Waals surface area (Å²) in [7, 11) is 0. The van der Waals surface area contributed by atoms with Crippen molar-refractivity contribution in [1.29, 1.82) is 0 Å². The molecule has 0 atom stereocenters.